The van der Waals surface area contributed by atoms with Crippen LogP contribution in [0.25, 0.3) is 0 Å². The number of nitrogens with zero attached hydrogens (tertiary/aromatic N) is 2. The zero-order valence-electron chi connectivity index (χ0n) is 12.4. The average molecular weight is 313 g/mol. The fourth-order valence-corrected chi connectivity index (χ4v) is 3.30. The molecule has 3 heterocycles. The molecule has 3 aliphatic rings. The molecule has 1 aromatic carbocycles. The predicted octanol–water partition coefficient (Wildman–Crippen LogP) is -0.163. The minimum absolute atomic E-state index is 0.182. The second-order valence-electron chi connectivity index (χ2n) is 6.14. The Morgan fingerprint density at radius 2 is 1.83 bits per heavy atom. The quantitative estimate of drug-likeness (QED) is 0.767. The second kappa shape index (κ2) is 4.91. The Balaban J connectivity index is 1.57. The molecule has 0 spiro atoms. The summed E-state index contributed by atoms with van der Waals surface area (Å²) in [6.45, 7) is 1.13. The van der Waals surface area contributed by atoms with Crippen molar-refractivity contribution in [3.8, 4) is 0 Å². The predicted molar refractivity (Wildman–Crippen MR) is 79.7 cm³/mol. The van der Waals surface area contributed by atoms with Crippen LogP contribution in [0.15, 0.2) is 18.2 Å². The van der Waals surface area contributed by atoms with E-state index in [1.54, 1.807) is 6.07 Å². The summed E-state index contributed by atoms with van der Waals surface area (Å²) in [5.74, 6) is -0.707. The van der Waals surface area contributed by atoms with Gasteiger partial charge < -0.3 is 9.80 Å². The Hall–Kier alpha value is -2.70. The number of fused-ring (bicyclic) bond motifs is 1. The summed E-state index contributed by atoms with van der Waals surface area (Å²) < 4.78 is 0. The number of rotatable bonds is 2. The van der Waals surface area contributed by atoms with Gasteiger partial charge in [-0.05, 0) is 24.1 Å². The zero-order chi connectivity index (χ0) is 16.1. The molecule has 3 amide bonds. The third kappa shape index (κ3) is 2.19. The lowest BCUT2D eigenvalue weighted by molar-refractivity contribution is -0.137. The molecule has 4 rings (SSSR count). The Kier molecular flexibility index (Phi) is 2.97. The van der Waals surface area contributed by atoms with Crippen molar-refractivity contribution in [1.29, 1.82) is 0 Å². The van der Waals surface area contributed by atoms with E-state index in [0.717, 1.165) is 11.3 Å². The van der Waals surface area contributed by atoms with Crippen molar-refractivity contribution in [2.75, 3.05) is 18.0 Å². The third-order valence-corrected chi connectivity index (χ3v) is 4.61. The van der Waals surface area contributed by atoms with Gasteiger partial charge in [0, 0.05) is 24.2 Å². The first-order valence-corrected chi connectivity index (χ1v) is 7.57. The number of piperidine rings is 1. The standard InChI is InChI=1S/C16H15N3O4/c20-11-7-18(8-11)10-2-1-9-6-19(16(23)12(9)5-10)13-3-4-14(21)17-15(13)22/h1-2,5,13H,3-4,6-8H2,(H,17,21,22). The summed E-state index contributed by atoms with van der Waals surface area (Å²) in [5, 5.41) is 2.29. The largest absolute Gasteiger partial charge is 0.357 e. The highest BCUT2D eigenvalue weighted by atomic mass is 16.2. The number of ketones is 1. The summed E-state index contributed by atoms with van der Waals surface area (Å²) in [4.78, 5) is 50.4. The molecule has 1 N–H and O–H groups in total. The number of hydrogen-bond acceptors (Lipinski definition) is 5. The lowest BCUT2D eigenvalue weighted by atomic mass is 10.0. The first kappa shape index (κ1) is 13.9. The number of Topliss-reactive ketones (excluding diaryl/α,β-unsaturated/α-hetero) is 1. The molecule has 0 aromatic heterocycles. The van der Waals surface area contributed by atoms with Crippen LogP contribution in [0.3, 0.4) is 0 Å². The van der Waals surface area contributed by atoms with Gasteiger partial charge in [-0.25, -0.2) is 0 Å². The molecule has 1 unspecified atom stereocenters. The molecule has 1 atom stereocenters. The van der Waals surface area contributed by atoms with Crippen LogP contribution in [-0.4, -0.2) is 47.5 Å². The molecule has 2 saturated heterocycles. The zero-order valence-corrected chi connectivity index (χ0v) is 12.4. The number of hydrogen-bond donors (Lipinski definition) is 1. The topological polar surface area (TPSA) is 86.8 Å². The van der Waals surface area contributed by atoms with Crippen molar-refractivity contribution < 1.29 is 19.2 Å². The van der Waals surface area contributed by atoms with Crippen LogP contribution in [0, 0.1) is 0 Å². The highest BCUT2D eigenvalue weighted by Crippen LogP contribution is 2.31. The molecule has 0 aliphatic carbocycles. The van der Waals surface area contributed by atoms with E-state index in [-0.39, 0.29) is 24.0 Å². The van der Waals surface area contributed by atoms with Crippen molar-refractivity contribution in [3.05, 3.63) is 29.3 Å². The van der Waals surface area contributed by atoms with Gasteiger partial charge in [-0.15, -0.1) is 0 Å². The molecule has 7 heteroatoms. The van der Waals surface area contributed by atoms with Crippen molar-refractivity contribution in [2.24, 2.45) is 0 Å². The molecule has 118 valence electrons. The number of imide groups is 1. The summed E-state index contributed by atoms with van der Waals surface area (Å²) in [5.41, 5.74) is 2.30. The van der Waals surface area contributed by atoms with Crippen LogP contribution in [0.5, 0.6) is 0 Å². The summed E-state index contributed by atoms with van der Waals surface area (Å²) >= 11 is 0. The number of nitrogens with one attached hydrogen (secondary N) is 1. The minimum atomic E-state index is -0.596. The third-order valence-electron chi connectivity index (χ3n) is 4.61. The molecule has 0 saturated carbocycles. The Bertz CT molecular complexity index is 750. The fourth-order valence-electron chi connectivity index (χ4n) is 3.30. The van der Waals surface area contributed by atoms with Crippen LogP contribution in [0.2, 0.25) is 0 Å². The van der Waals surface area contributed by atoms with Crippen molar-refractivity contribution in [2.45, 2.75) is 25.4 Å². The van der Waals surface area contributed by atoms with Crippen molar-refractivity contribution in [3.63, 3.8) is 0 Å². The van der Waals surface area contributed by atoms with Gasteiger partial charge in [-0.2, -0.15) is 0 Å². The molecular weight excluding hydrogens is 298 g/mol. The van der Waals surface area contributed by atoms with E-state index in [0.29, 0.717) is 31.6 Å². The van der Waals surface area contributed by atoms with Gasteiger partial charge in [-0.3, -0.25) is 24.5 Å². The van der Waals surface area contributed by atoms with Gasteiger partial charge >= 0.3 is 0 Å². The number of anilines is 1. The molecule has 7 nitrogen and oxygen atoms in total. The van der Waals surface area contributed by atoms with Gasteiger partial charge in [0.05, 0.1) is 13.1 Å². The van der Waals surface area contributed by atoms with E-state index >= 15 is 0 Å². The summed E-state index contributed by atoms with van der Waals surface area (Å²) in [6.07, 6.45) is 0.607. The van der Waals surface area contributed by atoms with Gasteiger partial charge in [0.2, 0.25) is 11.8 Å². The number of carbonyl (C=O) groups excluding carboxylic acids is 4. The maximum Gasteiger partial charge on any atom is 0.255 e. The normalized spacial score (nSPS) is 23.7. The first-order valence-electron chi connectivity index (χ1n) is 7.57. The molecule has 0 radical (unpaired) electrons. The minimum Gasteiger partial charge on any atom is -0.357 e. The van der Waals surface area contributed by atoms with Crippen LogP contribution in [0.1, 0.15) is 28.8 Å². The number of carbonyl (C=O) groups is 4. The van der Waals surface area contributed by atoms with E-state index in [2.05, 4.69) is 5.32 Å². The SMILES string of the molecule is O=C1CN(c2ccc3c(c2)C(=O)N(C2CCC(=O)NC2=O)C3)C1. The Morgan fingerprint density at radius 1 is 1.04 bits per heavy atom. The molecule has 1 aromatic rings. The second-order valence-corrected chi connectivity index (χ2v) is 6.14. The molecule has 3 aliphatic heterocycles. The Morgan fingerprint density at radius 3 is 2.52 bits per heavy atom. The number of benzene rings is 1. The summed E-state index contributed by atoms with van der Waals surface area (Å²) in [7, 11) is 0. The van der Waals surface area contributed by atoms with Crippen LogP contribution >= 0.6 is 0 Å². The van der Waals surface area contributed by atoms with Crippen LogP contribution in [0.4, 0.5) is 5.69 Å². The van der Waals surface area contributed by atoms with E-state index in [1.807, 2.05) is 17.0 Å². The van der Waals surface area contributed by atoms with Crippen LogP contribution < -0.4 is 10.2 Å². The maximum atomic E-state index is 12.6. The maximum absolute atomic E-state index is 12.6. The lowest BCUT2D eigenvalue weighted by Gasteiger charge is -2.31. The fraction of sp³-hybridized carbons (Fsp3) is 0.375. The van der Waals surface area contributed by atoms with Gasteiger partial charge in [-0.1, -0.05) is 6.07 Å². The summed E-state index contributed by atoms with van der Waals surface area (Å²) in [6, 6.07) is 4.96. The van der Waals surface area contributed by atoms with E-state index in [4.69, 9.17) is 0 Å². The lowest BCUT2D eigenvalue weighted by Crippen LogP contribution is -2.52. The van der Waals surface area contributed by atoms with E-state index in [1.165, 1.54) is 4.90 Å². The first-order chi connectivity index (χ1) is 11.0. The average Bonchev–Trinajstić information content (AvgIpc) is 2.81. The molecule has 0 bridgehead atoms. The van der Waals surface area contributed by atoms with E-state index in [9.17, 15) is 19.2 Å². The van der Waals surface area contributed by atoms with Gasteiger partial charge in [0.1, 0.15) is 6.04 Å². The molecular formula is C16H15N3O4. The monoisotopic (exact) mass is 313 g/mol. The van der Waals surface area contributed by atoms with E-state index < -0.39 is 11.9 Å². The highest BCUT2D eigenvalue weighted by molar-refractivity contribution is 6.06. The van der Waals surface area contributed by atoms with Crippen molar-refractivity contribution in [1.82, 2.24) is 10.2 Å². The van der Waals surface area contributed by atoms with Gasteiger partial charge in [0.15, 0.2) is 5.78 Å². The smallest absolute Gasteiger partial charge is 0.255 e. The highest BCUT2D eigenvalue weighted by Gasteiger charge is 2.39. The molecule has 23 heavy (non-hydrogen) atoms. The van der Waals surface area contributed by atoms with Crippen molar-refractivity contribution >= 4 is 29.2 Å². The van der Waals surface area contributed by atoms with Gasteiger partial charge in [0.25, 0.3) is 5.91 Å². The van der Waals surface area contributed by atoms with Crippen LogP contribution in [-0.2, 0) is 20.9 Å². The Labute approximate surface area is 132 Å². The number of amides is 3. The molecule has 2 fully saturated rings.